The Morgan fingerprint density at radius 3 is 2.53 bits per heavy atom. The monoisotopic (exact) mass is 226 g/mol. The summed E-state index contributed by atoms with van der Waals surface area (Å²) in [6, 6.07) is 9.97. The quantitative estimate of drug-likeness (QED) is 0.752. The molecule has 0 aliphatic rings. The predicted molar refractivity (Wildman–Crippen MR) is 65.9 cm³/mol. The van der Waals surface area contributed by atoms with E-state index in [-0.39, 0.29) is 5.78 Å². The third-order valence-corrected chi connectivity index (χ3v) is 2.55. The van der Waals surface area contributed by atoms with Gasteiger partial charge in [-0.15, -0.1) is 0 Å². The van der Waals surface area contributed by atoms with E-state index in [2.05, 4.69) is 9.97 Å². The van der Waals surface area contributed by atoms with Crippen LogP contribution >= 0.6 is 0 Å². The average Bonchev–Trinajstić information content (AvgIpc) is 2.38. The summed E-state index contributed by atoms with van der Waals surface area (Å²) >= 11 is 0. The Bertz CT molecular complexity index is 491. The highest BCUT2D eigenvalue weighted by atomic mass is 16.1. The van der Waals surface area contributed by atoms with Crippen LogP contribution in [0.1, 0.15) is 28.2 Å². The van der Waals surface area contributed by atoms with Gasteiger partial charge >= 0.3 is 0 Å². The standard InChI is InChI=1S/C14H14N2O/c1-11-9-16-13(10-15-11)14(17)8-7-12-5-3-2-4-6-12/h2-6,9-10H,7-8H2,1H3. The second-order valence-electron chi connectivity index (χ2n) is 3.95. The van der Waals surface area contributed by atoms with Crippen LogP contribution in [0.4, 0.5) is 0 Å². The molecule has 0 aliphatic heterocycles. The summed E-state index contributed by atoms with van der Waals surface area (Å²) in [5.41, 5.74) is 2.44. The van der Waals surface area contributed by atoms with Gasteiger partial charge in [0.1, 0.15) is 5.69 Å². The number of benzene rings is 1. The highest BCUT2D eigenvalue weighted by molar-refractivity contribution is 5.93. The minimum absolute atomic E-state index is 0.0429. The van der Waals surface area contributed by atoms with E-state index in [1.165, 1.54) is 5.56 Å². The van der Waals surface area contributed by atoms with Crippen molar-refractivity contribution in [3.63, 3.8) is 0 Å². The van der Waals surface area contributed by atoms with Gasteiger partial charge in [-0.1, -0.05) is 30.3 Å². The maximum atomic E-state index is 11.8. The van der Waals surface area contributed by atoms with E-state index in [1.807, 2.05) is 37.3 Å². The molecule has 0 amide bonds. The molecule has 0 atom stereocenters. The van der Waals surface area contributed by atoms with Gasteiger partial charge in [-0.2, -0.15) is 0 Å². The minimum atomic E-state index is 0.0429. The number of Topliss-reactive ketones (excluding diaryl/α,β-unsaturated/α-hetero) is 1. The number of nitrogens with zero attached hydrogens (tertiary/aromatic N) is 2. The molecule has 0 fully saturated rings. The molecule has 2 rings (SSSR count). The van der Waals surface area contributed by atoms with Crippen molar-refractivity contribution in [1.29, 1.82) is 0 Å². The van der Waals surface area contributed by atoms with Gasteiger partial charge in [0.2, 0.25) is 0 Å². The van der Waals surface area contributed by atoms with Crippen LogP contribution in [0.15, 0.2) is 42.7 Å². The smallest absolute Gasteiger partial charge is 0.183 e. The summed E-state index contributed by atoms with van der Waals surface area (Å²) in [7, 11) is 0. The van der Waals surface area contributed by atoms with E-state index in [0.29, 0.717) is 12.1 Å². The maximum Gasteiger partial charge on any atom is 0.183 e. The third kappa shape index (κ3) is 3.21. The molecule has 1 heterocycles. The highest BCUT2D eigenvalue weighted by Gasteiger charge is 2.07. The van der Waals surface area contributed by atoms with Gasteiger partial charge in [0.25, 0.3) is 0 Å². The van der Waals surface area contributed by atoms with Crippen LogP contribution in [0, 0.1) is 6.92 Å². The van der Waals surface area contributed by atoms with Crippen molar-refractivity contribution in [3.8, 4) is 0 Å². The first kappa shape index (κ1) is 11.5. The van der Waals surface area contributed by atoms with Gasteiger partial charge in [-0.05, 0) is 18.9 Å². The van der Waals surface area contributed by atoms with E-state index in [0.717, 1.165) is 12.1 Å². The second kappa shape index (κ2) is 5.34. The van der Waals surface area contributed by atoms with Gasteiger partial charge in [-0.25, -0.2) is 4.98 Å². The molecule has 1 aromatic carbocycles. The Morgan fingerprint density at radius 2 is 1.88 bits per heavy atom. The number of hydrogen-bond acceptors (Lipinski definition) is 3. The fraction of sp³-hybridized carbons (Fsp3) is 0.214. The Kier molecular flexibility index (Phi) is 3.60. The van der Waals surface area contributed by atoms with Gasteiger partial charge in [0, 0.05) is 12.6 Å². The lowest BCUT2D eigenvalue weighted by atomic mass is 10.1. The number of carbonyl (C=O) groups is 1. The molecule has 3 heteroatoms. The summed E-state index contributed by atoms with van der Waals surface area (Å²) in [6.07, 6.45) is 4.38. The lowest BCUT2D eigenvalue weighted by Gasteiger charge is -2.01. The van der Waals surface area contributed by atoms with Crippen LogP contribution < -0.4 is 0 Å². The number of aromatic nitrogens is 2. The molecule has 0 unspecified atom stereocenters. The molecule has 1 aromatic heterocycles. The summed E-state index contributed by atoms with van der Waals surface area (Å²) in [6.45, 7) is 1.85. The van der Waals surface area contributed by atoms with E-state index in [1.54, 1.807) is 12.4 Å². The van der Waals surface area contributed by atoms with Crippen molar-refractivity contribution in [2.45, 2.75) is 19.8 Å². The fourth-order valence-corrected chi connectivity index (χ4v) is 1.57. The molecule has 86 valence electrons. The van der Waals surface area contributed by atoms with Gasteiger partial charge in [0.15, 0.2) is 5.78 Å². The lowest BCUT2D eigenvalue weighted by molar-refractivity contribution is 0.0977. The maximum absolute atomic E-state index is 11.8. The number of aryl methyl sites for hydroxylation is 2. The molecule has 17 heavy (non-hydrogen) atoms. The van der Waals surface area contributed by atoms with Crippen LogP contribution in [-0.4, -0.2) is 15.8 Å². The summed E-state index contributed by atoms with van der Waals surface area (Å²) < 4.78 is 0. The largest absolute Gasteiger partial charge is 0.292 e. The van der Waals surface area contributed by atoms with E-state index in [9.17, 15) is 4.79 Å². The number of carbonyl (C=O) groups excluding carboxylic acids is 1. The van der Waals surface area contributed by atoms with Crippen LogP contribution in [-0.2, 0) is 6.42 Å². The van der Waals surface area contributed by atoms with Gasteiger partial charge < -0.3 is 0 Å². The van der Waals surface area contributed by atoms with Crippen LogP contribution in [0.2, 0.25) is 0 Å². The number of ketones is 1. The van der Waals surface area contributed by atoms with E-state index in [4.69, 9.17) is 0 Å². The molecule has 0 aliphatic carbocycles. The fourth-order valence-electron chi connectivity index (χ4n) is 1.57. The molecule has 0 spiro atoms. The topological polar surface area (TPSA) is 42.9 Å². The van der Waals surface area contributed by atoms with E-state index >= 15 is 0 Å². The Balaban J connectivity index is 1.96. The zero-order valence-electron chi connectivity index (χ0n) is 9.76. The average molecular weight is 226 g/mol. The predicted octanol–water partition coefficient (Wildman–Crippen LogP) is 2.60. The first-order chi connectivity index (χ1) is 8.25. The molecular weight excluding hydrogens is 212 g/mol. The lowest BCUT2D eigenvalue weighted by Crippen LogP contribution is -2.04. The molecule has 0 bridgehead atoms. The molecule has 0 N–H and O–H groups in total. The number of hydrogen-bond donors (Lipinski definition) is 0. The second-order valence-corrected chi connectivity index (χ2v) is 3.95. The normalized spacial score (nSPS) is 10.2. The van der Waals surface area contributed by atoms with Gasteiger partial charge in [-0.3, -0.25) is 9.78 Å². The molecule has 3 nitrogen and oxygen atoms in total. The van der Waals surface area contributed by atoms with Crippen LogP contribution in [0.5, 0.6) is 0 Å². The third-order valence-electron chi connectivity index (χ3n) is 2.55. The van der Waals surface area contributed by atoms with Crippen molar-refractivity contribution in [1.82, 2.24) is 9.97 Å². The van der Waals surface area contributed by atoms with Crippen LogP contribution in [0.25, 0.3) is 0 Å². The Morgan fingerprint density at radius 1 is 1.12 bits per heavy atom. The zero-order chi connectivity index (χ0) is 12.1. The molecular formula is C14H14N2O. The summed E-state index contributed by atoms with van der Waals surface area (Å²) in [4.78, 5) is 20.0. The zero-order valence-corrected chi connectivity index (χ0v) is 9.76. The summed E-state index contributed by atoms with van der Waals surface area (Å²) in [5, 5.41) is 0. The Labute approximate surface area is 101 Å². The van der Waals surface area contributed by atoms with Crippen LogP contribution in [0.3, 0.4) is 0 Å². The van der Waals surface area contributed by atoms with Crippen molar-refractivity contribution in [3.05, 3.63) is 59.7 Å². The minimum Gasteiger partial charge on any atom is -0.292 e. The first-order valence-corrected chi connectivity index (χ1v) is 5.61. The van der Waals surface area contributed by atoms with Gasteiger partial charge in [0.05, 0.1) is 11.9 Å². The van der Waals surface area contributed by atoms with Crippen molar-refractivity contribution >= 4 is 5.78 Å². The highest BCUT2D eigenvalue weighted by Crippen LogP contribution is 2.06. The van der Waals surface area contributed by atoms with E-state index < -0.39 is 0 Å². The molecule has 2 aromatic rings. The molecule has 0 radical (unpaired) electrons. The first-order valence-electron chi connectivity index (χ1n) is 5.61. The Hall–Kier alpha value is -2.03. The van der Waals surface area contributed by atoms with Crippen molar-refractivity contribution in [2.24, 2.45) is 0 Å². The molecule has 0 saturated carbocycles. The summed E-state index contributed by atoms with van der Waals surface area (Å²) in [5.74, 6) is 0.0429. The SMILES string of the molecule is Cc1cnc(C(=O)CCc2ccccc2)cn1. The van der Waals surface area contributed by atoms with Crippen molar-refractivity contribution in [2.75, 3.05) is 0 Å². The van der Waals surface area contributed by atoms with Crippen molar-refractivity contribution < 1.29 is 4.79 Å². The number of rotatable bonds is 4. The molecule has 0 saturated heterocycles.